The van der Waals surface area contributed by atoms with E-state index in [1.165, 1.54) is 12.8 Å². The summed E-state index contributed by atoms with van der Waals surface area (Å²) in [7, 11) is 0. The van der Waals surface area contributed by atoms with Gasteiger partial charge in [0.15, 0.2) is 0 Å². The number of hydrogen-bond acceptors (Lipinski definition) is 6. The van der Waals surface area contributed by atoms with E-state index in [0.29, 0.717) is 55.7 Å². The van der Waals surface area contributed by atoms with E-state index in [4.69, 9.17) is 16.3 Å². The summed E-state index contributed by atoms with van der Waals surface area (Å²) < 4.78 is 6.40. The second kappa shape index (κ2) is 12.1. The molecule has 0 bridgehead atoms. The number of benzene rings is 1. The number of carbonyl (C=O) groups is 2. The number of aromatic nitrogens is 1. The summed E-state index contributed by atoms with van der Waals surface area (Å²) in [6, 6.07) is 5.58. The van der Waals surface area contributed by atoms with Crippen molar-refractivity contribution < 1.29 is 14.3 Å². The molecule has 1 aliphatic carbocycles. The fourth-order valence-corrected chi connectivity index (χ4v) is 5.92. The van der Waals surface area contributed by atoms with Crippen molar-refractivity contribution in [2.75, 3.05) is 39.4 Å². The van der Waals surface area contributed by atoms with Crippen LogP contribution in [0.5, 0.6) is 0 Å². The predicted octanol–water partition coefficient (Wildman–Crippen LogP) is 3.56. The van der Waals surface area contributed by atoms with Crippen LogP contribution in [0.15, 0.2) is 30.4 Å². The van der Waals surface area contributed by atoms with Gasteiger partial charge in [0, 0.05) is 55.7 Å². The summed E-state index contributed by atoms with van der Waals surface area (Å²) in [6.07, 6.45) is 5.45. The van der Waals surface area contributed by atoms with Crippen LogP contribution in [0.3, 0.4) is 0 Å². The lowest BCUT2D eigenvalue weighted by molar-refractivity contribution is -0.123. The third-order valence-corrected chi connectivity index (χ3v) is 7.91. The Balaban J connectivity index is 1.27. The average molecular weight is 505 g/mol. The molecular weight excluding hydrogens is 472 g/mol. The van der Waals surface area contributed by atoms with E-state index in [2.05, 4.69) is 27.1 Å². The minimum atomic E-state index is -0.142. The number of hydrogen-bond donors (Lipinski definition) is 2. The van der Waals surface area contributed by atoms with Crippen molar-refractivity contribution in [2.45, 2.75) is 44.6 Å². The Morgan fingerprint density at radius 3 is 2.79 bits per heavy atom. The highest BCUT2D eigenvalue weighted by molar-refractivity contribution is 7.18. The zero-order valence-electron chi connectivity index (χ0n) is 19.5. The maximum absolute atomic E-state index is 12.8. The smallest absolute Gasteiger partial charge is 0.247 e. The van der Waals surface area contributed by atoms with Gasteiger partial charge in [0.1, 0.15) is 0 Å². The van der Waals surface area contributed by atoms with Gasteiger partial charge in [-0.1, -0.05) is 31.0 Å². The van der Waals surface area contributed by atoms with Gasteiger partial charge < -0.3 is 15.4 Å². The normalized spacial score (nSPS) is 18.1. The van der Waals surface area contributed by atoms with Gasteiger partial charge in [-0.2, -0.15) is 0 Å². The Hall–Kier alpha value is -2.00. The summed E-state index contributed by atoms with van der Waals surface area (Å²) >= 11 is 7.64. The second-order valence-electron chi connectivity index (χ2n) is 9.14. The lowest BCUT2D eigenvalue weighted by Gasteiger charge is -2.28. The van der Waals surface area contributed by atoms with Crippen molar-refractivity contribution >= 4 is 45.0 Å². The number of thiazole rings is 1. The number of carbonyl (C=O) groups excluding carboxylic acids is 2. The summed E-state index contributed by atoms with van der Waals surface area (Å²) in [6.45, 7) is 7.96. The van der Waals surface area contributed by atoms with Crippen molar-refractivity contribution in [1.29, 1.82) is 0 Å². The molecule has 4 rings (SSSR count). The second-order valence-corrected chi connectivity index (χ2v) is 10.7. The number of amides is 2. The minimum absolute atomic E-state index is 0.00409. The first kappa shape index (κ1) is 25.1. The maximum atomic E-state index is 12.8. The van der Waals surface area contributed by atoms with Crippen LogP contribution in [0, 0.1) is 5.92 Å². The van der Waals surface area contributed by atoms with Crippen molar-refractivity contribution in [3.05, 3.63) is 40.4 Å². The molecule has 1 aromatic carbocycles. The average Bonchev–Trinajstić information content (AvgIpc) is 3.50. The van der Waals surface area contributed by atoms with Gasteiger partial charge in [0.25, 0.3) is 0 Å². The van der Waals surface area contributed by atoms with Crippen LogP contribution in [0.25, 0.3) is 10.2 Å². The first-order valence-electron chi connectivity index (χ1n) is 12.1. The number of nitrogens with one attached hydrogen (secondary N) is 2. The van der Waals surface area contributed by atoms with E-state index in [9.17, 15) is 9.59 Å². The van der Waals surface area contributed by atoms with Gasteiger partial charge in [0.2, 0.25) is 11.8 Å². The summed E-state index contributed by atoms with van der Waals surface area (Å²) in [5.41, 5.74) is 1.46. The highest BCUT2D eigenvalue weighted by Gasteiger charge is 2.27. The quantitative estimate of drug-likeness (QED) is 0.483. The molecule has 2 aromatic rings. The molecule has 1 unspecified atom stereocenters. The van der Waals surface area contributed by atoms with E-state index >= 15 is 0 Å². The molecule has 0 radical (unpaired) electrons. The Kier molecular flexibility index (Phi) is 8.94. The highest BCUT2D eigenvalue weighted by atomic mass is 35.5. The topological polar surface area (TPSA) is 83.6 Å². The first-order valence-corrected chi connectivity index (χ1v) is 13.3. The molecule has 184 valence electrons. The lowest BCUT2D eigenvalue weighted by atomic mass is 9.97. The molecule has 1 saturated heterocycles. The van der Waals surface area contributed by atoms with E-state index in [0.717, 1.165) is 41.2 Å². The molecule has 1 atom stereocenters. The van der Waals surface area contributed by atoms with E-state index < -0.39 is 0 Å². The van der Waals surface area contributed by atoms with Crippen LogP contribution in [-0.2, 0) is 20.7 Å². The molecule has 2 fully saturated rings. The number of morpholine rings is 1. The summed E-state index contributed by atoms with van der Waals surface area (Å²) in [4.78, 5) is 32.2. The number of fused-ring (bicyclic) bond motifs is 1. The standard InChI is InChI=1S/C25H33ClN4O3S/c1-17(16-30-10-12-33-13-11-30)25(32)27-15-21(18-4-2-3-5-18)28-23(31)8-9-24-29-20-7-6-19(26)14-22(20)34-24/h6-7,14,18,21H,1-5,8-13,15-16H2,(H,27,32)(H,28,31). The number of halogens is 1. The van der Waals surface area contributed by atoms with Crippen LogP contribution in [-0.4, -0.2) is 67.1 Å². The van der Waals surface area contributed by atoms with Crippen molar-refractivity contribution in [1.82, 2.24) is 20.5 Å². The summed E-state index contributed by atoms with van der Waals surface area (Å²) in [5.74, 6) is 0.244. The third-order valence-electron chi connectivity index (χ3n) is 6.60. The molecule has 1 aliphatic heterocycles. The molecule has 2 amide bonds. The largest absolute Gasteiger partial charge is 0.379 e. The number of aryl methyl sites for hydroxylation is 1. The van der Waals surface area contributed by atoms with Crippen LogP contribution in [0.4, 0.5) is 0 Å². The minimum Gasteiger partial charge on any atom is -0.379 e. The van der Waals surface area contributed by atoms with E-state index in [1.807, 2.05) is 18.2 Å². The summed E-state index contributed by atoms with van der Waals surface area (Å²) in [5, 5.41) is 7.83. The van der Waals surface area contributed by atoms with Gasteiger partial charge in [-0.05, 0) is 37.0 Å². The number of rotatable bonds is 10. The Bertz CT molecular complexity index is 1010. The number of ether oxygens (including phenoxy) is 1. The highest BCUT2D eigenvalue weighted by Crippen LogP contribution is 2.28. The Morgan fingerprint density at radius 1 is 1.26 bits per heavy atom. The SMILES string of the molecule is C=C(CN1CCOCC1)C(=O)NCC(NC(=O)CCc1nc2ccc(Cl)cc2s1)C1CCCC1. The van der Waals surface area contributed by atoms with Gasteiger partial charge >= 0.3 is 0 Å². The predicted molar refractivity (Wildman–Crippen MR) is 136 cm³/mol. The molecule has 2 N–H and O–H groups in total. The number of nitrogens with zero attached hydrogens (tertiary/aromatic N) is 2. The van der Waals surface area contributed by atoms with Gasteiger partial charge in [-0.25, -0.2) is 4.98 Å². The molecule has 1 saturated carbocycles. The molecule has 1 aromatic heterocycles. The van der Waals surface area contributed by atoms with Crippen LogP contribution >= 0.6 is 22.9 Å². The lowest BCUT2D eigenvalue weighted by Crippen LogP contribution is -2.48. The third kappa shape index (κ3) is 7.01. The molecule has 34 heavy (non-hydrogen) atoms. The Morgan fingerprint density at radius 2 is 2.03 bits per heavy atom. The molecule has 2 heterocycles. The zero-order valence-corrected chi connectivity index (χ0v) is 21.1. The monoisotopic (exact) mass is 504 g/mol. The van der Waals surface area contributed by atoms with Crippen LogP contribution in [0.2, 0.25) is 5.02 Å². The van der Waals surface area contributed by atoms with Crippen molar-refractivity contribution in [3.8, 4) is 0 Å². The fraction of sp³-hybridized carbons (Fsp3) is 0.560. The van der Waals surface area contributed by atoms with Gasteiger partial charge in [-0.3, -0.25) is 14.5 Å². The van der Waals surface area contributed by atoms with E-state index in [-0.39, 0.29) is 17.9 Å². The van der Waals surface area contributed by atoms with Gasteiger partial charge in [-0.15, -0.1) is 11.3 Å². The molecular formula is C25H33ClN4O3S. The van der Waals surface area contributed by atoms with Gasteiger partial charge in [0.05, 0.1) is 28.4 Å². The maximum Gasteiger partial charge on any atom is 0.247 e. The Labute approximate surface area is 209 Å². The molecule has 9 heteroatoms. The van der Waals surface area contributed by atoms with Crippen molar-refractivity contribution in [2.24, 2.45) is 5.92 Å². The zero-order chi connectivity index (χ0) is 23.9. The molecule has 7 nitrogen and oxygen atoms in total. The van der Waals surface area contributed by atoms with Crippen molar-refractivity contribution in [3.63, 3.8) is 0 Å². The fourth-order valence-electron chi connectivity index (χ4n) is 4.68. The van der Waals surface area contributed by atoms with Crippen LogP contribution in [0.1, 0.15) is 37.1 Å². The van der Waals surface area contributed by atoms with E-state index in [1.54, 1.807) is 11.3 Å². The molecule has 2 aliphatic rings. The first-order chi connectivity index (χ1) is 16.5. The van der Waals surface area contributed by atoms with Crippen LogP contribution < -0.4 is 10.6 Å². The molecule has 0 spiro atoms.